The van der Waals surface area contributed by atoms with Gasteiger partial charge in [0.1, 0.15) is 0 Å². The Morgan fingerprint density at radius 2 is 2.00 bits per heavy atom. The molecule has 0 amide bonds. The van der Waals surface area contributed by atoms with Crippen LogP contribution in [-0.2, 0) is 0 Å². The summed E-state index contributed by atoms with van der Waals surface area (Å²) in [5, 5.41) is 19.4. The maximum absolute atomic E-state index is 9.96. The van der Waals surface area contributed by atoms with Crippen LogP contribution in [0.5, 0.6) is 0 Å². The molecule has 118 valence electrons. The first-order valence-electron chi connectivity index (χ1n) is 8.41. The van der Waals surface area contributed by atoms with E-state index in [9.17, 15) is 10.4 Å². The molecule has 0 aromatic heterocycles. The Labute approximate surface area is 129 Å². The number of rotatable bonds is 4. The molecule has 3 N–H and O–H groups in total. The van der Waals surface area contributed by atoms with Crippen LogP contribution >= 0.6 is 0 Å². The lowest BCUT2D eigenvalue weighted by Gasteiger charge is -2.43. The van der Waals surface area contributed by atoms with E-state index in [1.54, 1.807) is 0 Å². The lowest BCUT2D eigenvalue weighted by atomic mass is 9.65. The molecule has 0 saturated heterocycles. The van der Waals surface area contributed by atoms with Crippen molar-refractivity contribution in [3.63, 3.8) is 0 Å². The zero-order chi connectivity index (χ0) is 15.6. The number of nitriles is 1. The van der Waals surface area contributed by atoms with Gasteiger partial charge in [-0.05, 0) is 37.0 Å². The fourth-order valence-electron chi connectivity index (χ4n) is 4.64. The number of aliphatic hydroxyl groups is 1. The largest absolute Gasteiger partial charge is 0.396 e. The second-order valence-corrected chi connectivity index (χ2v) is 7.47. The fourth-order valence-corrected chi connectivity index (χ4v) is 4.64. The van der Waals surface area contributed by atoms with Crippen LogP contribution in [0.1, 0.15) is 52.4 Å². The normalized spacial score (nSPS) is 36.9. The molecule has 0 spiro atoms. The van der Waals surface area contributed by atoms with Crippen LogP contribution in [0.15, 0.2) is 12.2 Å². The van der Waals surface area contributed by atoms with E-state index in [1.165, 1.54) is 6.42 Å². The number of nitrogens with zero attached hydrogens (tertiary/aromatic N) is 1. The maximum Gasteiger partial charge on any atom is 0.0662 e. The highest BCUT2D eigenvalue weighted by molar-refractivity contribution is 5.21. The second kappa shape index (κ2) is 6.50. The number of hydrogen-bond donors (Lipinski definition) is 2. The summed E-state index contributed by atoms with van der Waals surface area (Å²) in [5.41, 5.74) is 7.37. The van der Waals surface area contributed by atoms with Gasteiger partial charge in [0, 0.05) is 11.5 Å². The summed E-state index contributed by atoms with van der Waals surface area (Å²) in [6.07, 6.45) is 6.42. The summed E-state index contributed by atoms with van der Waals surface area (Å²) in [6, 6.07) is 2.28. The molecule has 0 aliphatic heterocycles. The smallest absolute Gasteiger partial charge is 0.0662 e. The van der Waals surface area contributed by atoms with Gasteiger partial charge in [-0.2, -0.15) is 5.26 Å². The van der Waals surface area contributed by atoms with Crippen LogP contribution < -0.4 is 5.73 Å². The SMILES string of the molecule is C=C(C1[C@H](C#N)C[C@H](C)[C@@H]1C)[C@@H](N)C1(CO)CCCCC1. The first-order valence-corrected chi connectivity index (χ1v) is 8.41. The fraction of sp³-hybridized carbons (Fsp3) is 0.833. The van der Waals surface area contributed by atoms with Crippen LogP contribution in [-0.4, -0.2) is 17.8 Å². The highest BCUT2D eigenvalue weighted by Crippen LogP contribution is 2.49. The number of nitrogens with two attached hydrogens (primary N) is 1. The lowest BCUT2D eigenvalue weighted by molar-refractivity contribution is 0.0622. The van der Waals surface area contributed by atoms with Crippen molar-refractivity contribution in [3.8, 4) is 6.07 Å². The van der Waals surface area contributed by atoms with Crippen molar-refractivity contribution in [2.45, 2.75) is 58.4 Å². The standard InChI is InChI=1S/C18H30N2O/c1-12-9-15(10-19)16(13(12)2)14(3)17(20)18(11-21)7-5-4-6-8-18/h12-13,15-17,21H,3-9,11,20H2,1-2H3/t12-,13-,15-,16?,17+/m0/s1. The van der Waals surface area contributed by atoms with Crippen molar-refractivity contribution >= 4 is 0 Å². The quantitative estimate of drug-likeness (QED) is 0.781. The van der Waals surface area contributed by atoms with Crippen molar-refractivity contribution in [2.75, 3.05) is 6.61 Å². The van der Waals surface area contributed by atoms with Gasteiger partial charge in [-0.15, -0.1) is 0 Å². The van der Waals surface area contributed by atoms with Gasteiger partial charge in [-0.1, -0.05) is 45.3 Å². The van der Waals surface area contributed by atoms with E-state index in [0.29, 0.717) is 11.8 Å². The molecule has 2 aliphatic rings. The first kappa shape index (κ1) is 16.5. The molecule has 2 rings (SSSR count). The Morgan fingerprint density at radius 1 is 1.38 bits per heavy atom. The Balaban J connectivity index is 2.20. The van der Waals surface area contributed by atoms with Gasteiger partial charge in [0.25, 0.3) is 0 Å². The molecule has 2 aliphatic carbocycles. The summed E-state index contributed by atoms with van der Waals surface area (Å²) in [6.45, 7) is 8.88. The molecule has 3 heteroatoms. The Morgan fingerprint density at radius 3 is 2.52 bits per heavy atom. The third kappa shape index (κ3) is 2.89. The number of aliphatic hydroxyl groups excluding tert-OH is 1. The molecule has 0 aromatic carbocycles. The van der Waals surface area contributed by atoms with Crippen molar-refractivity contribution in [1.29, 1.82) is 5.26 Å². The zero-order valence-corrected chi connectivity index (χ0v) is 13.5. The average Bonchev–Trinajstić information content (AvgIpc) is 2.81. The summed E-state index contributed by atoms with van der Waals surface area (Å²) in [4.78, 5) is 0. The van der Waals surface area contributed by atoms with Gasteiger partial charge >= 0.3 is 0 Å². The maximum atomic E-state index is 9.96. The van der Waals surface area contributed by atoms with Crippen molar-refractivity contribution in [3.05, 3.63) is 12.2 Å². The van der Waals surface area contributed by atoms with Crippen LogP contribution in [0.2, 0.25) is 0 Å². The van der Waals surface area contributed by atoms with E-state index in [-0.39, 0.29) is 29.9 Å². The van der Waals surface area contributed by atoms with Gasteiger partial charge in [-0.3, -0.25) is 0 Å². The van der Waals surface area contributed by atoms with E-state index in [0.717, 1.165) is 37.7 Å². The highest BCUT2D eigenvalue weighted by atomic mass is 16.3. The molecular formula is C18H30N2O. The molecule has 21 heavy (non-hydrogen) atoms. The van der Waals surface area contributed by atoms with E-state index in [4.69, 9.17) is 5.73 Å². The van der Waals surface area contributed by atoms with Crippen LogP contribution in [0.4, 0.5) is 0 Å². The monoisotopic (exact) mass is 290 g/mol. The van der Waals surface area contributed by atoms with Crippen LogP contribution in [0.3, 0.4) is 0 Å². The Hall–Kier alpha value is -0.850. The second-order valence-electron chi connectivity index (χ2n) is 7.47. The van der Waals surface area contributed by atoms with Gasteiger partial charge in [0.2, 0.25) is 0 Å². The molecule has 5 atom stereocenters. The minimum Gasteiger partial charge on any atom is -0.396 e. The molecular weight excluding hydrogens is 260 g/mol. The van der Waals surface area contributed by atoms with E-state index >= 15 is 0 Å². The lowest BCUT2D eigenvalue weighted by Crippen LogP contribution is -2.48. The molecule has 0 heterocycles. The van der Waals surface area contributed by atoms with E-state index < -0.39 is 0 Å². The predicted octanol–water partition coefficient (Wildman–Crippen LogP) is 3.24. The Kier molecular flexibility index (Phi) is 5.11. The highest BCUT2D eigenvalue weighted by Gasteiger charge is 2.46. The third-order valence-corrected chi connectivity index (χ3v) is 6.34. The van der Waals surface area contributed by atoms with Crippen molar-refractivity contribution in [1.82, 2.24) is 0 Å². The zero-order valence-electron chi connectivity index (χ0n) is 13.5. The van der Waals surface area contributed by atoms with E-state index in [2.05, 4.69) is 26.5 Å². The topological polar surface area (TPSA) is 70.0 Å². The van der Waals surface area contributed by atoms with Gasteiger partial charge in [0.15, 0.2) is 0 Å². The molecule has 0 radical (unpaired) electrons. The van der Waals surface area contributed by atoms with Crippen LogP contribution in [0.25, 0.3) is 0 Å². The van der Waals surface area contributed by atoms with Crippen molar-refractivity contribution in [2.24, 2.45) is 34.8 Å². The summed E-state index contributed by atoms with van der Waals surface area (Å²) < 4.78 is 0. The summed E-state index contributed by atoms with van der Waals surface area (Å²) in [7, 11) is 0. The predicted molar refractivity (Wildman–Crippen MR) is 85.3 cm³/mol. The Bertz CT molecular complexity index is 419. The van der Waals surface area contributed by atoms with Gasteiger partial charge in [0.05, 0.1) is 18.6 Å². The third-order valence-electron chi connectivity index (χ3n) is 6.34. The minimum atomic E-state index is -0.207. The molecule has 2 saturated carbocycles. The van der Waals surface area contributed by atoms with Gasteiger partial charge < -0.3 is 10.8 Å². The molecule has 0 bridgehead atoms. The molecule has 0 aromatic rings. The molecule has 3 nitrogen and oxygen atoms in total. The van der Waals surface area contributed by atoms with Crippen LogP contribution in [0, 0.1) is 40.4 Å². The van der Waals surface area contributed by atoms with Gasteiger partial charge in [-0.25, -0.2) is 0 Å². The molecule has 1 unspecified atom stereocenters. The first-order chi connectivity index (χ1) is 9.96. The van der Waals surface area contributed by atoms with E-state index in [1.807, 2.05) is 0 Å². The minimum absolute atomic E-state index is 0.0351. The average molecular weight is 290 g/mol. The summed E-state index contributed by atoms with van der Waals surface area (Å²) >= 11 is 0. The molecule has 2 fully saturated rings. The number of hydrogen-bond acceptors (Lipinski definition) is 3. The summed E-state index contributed by atoms with van der Waals surface area (Å²) in [5.74, 6) is 1.21. The van der Waals surface area contributed by atoms with Crippen molar-refractivity contribution < 1.29 is 5.11 Å².